The number of nitrogens with one attached hydrogen (secondary N) is 1. The number of hydrogen-bond acceptors (Lipinski definition) is 2. The summed E-state index contributed by atoms with van der Waals surface area (Å²) in [5.74, 6) is -1.59. The molecule has 3 nitrogen and oxygen atoms in total. The molecule has 18 heavy (non-hydrogen) atoms. The van der Waals surface area contributed by atoms with Crippen LogP contribution < -0.4 is 5.32 Å². The summed E-state index contributed by atoms with van der Waals surface area (Å²) in [7, 11) is 0. The minimum absolute atomic E-state index is 0.00796. The standard InChI is InChI=1S/C13H10F2N2O/c14-10-4-1-3-9(7-10)8-16-13(18)11-5-2-6-12(15)17-11/h1-7H,8H2,(H,16,18). The van der Waals surface area contributed by atoms with E-state index in [0.717, 1.165) is 6.07 Å². The Kier molecular flexibility index (Phi) is 3.62. The third kappa shape index (κ3) is 3.10. The number of nitrogens with zero attached hydrogens (tertiary/aromatic N) is 1. The molecule has 92 valence electrons. The maximum Gasteiger partial charge on any atom is 0.270 e. The molecule has 1 N–H and O–H groups in total. The smallest absolute Gasteiger partial charge is 0.270 e. The maximum atomic E-state index is 12.9. The number of carbonyl (C=O) groups is 1. The summed E-state index contributed by atoms with van der Waals surface area (Å²) in [5.41, 5.74) is 0.617. The normalized spacial score (nSPS) is 10.1. The molecule has 5 heteroatoms. The molecule has 1 amide bonds. The first-order valence-corrected chi connectivity index (χ1v) is 5.30. The molecule has 1 heterocycles. The molecular formula is C13H10F2N2O. The maximum absolute atomic E-state index is 12.9. The quantitative estimate of drug-likeness (QED) is 0.847. The molecule has 0 saturated carbocycles. The van der Waals surface area contributed by atoms with E-state index in [4.69, 9.17) is 0 Å². The van der Waals surface area contributed by atoms with E-state index in [-0.39, 0.29) is 18.1 Å². The van der Waals surface area contributed by atoms with E-state index in [9.17, 15) is 13.6 Å². The Bertz CT molecular complexity index is 572. The first kappa shape index (κ1) is 12.2. The van der Waals surface area contributed by atoms with Gasteiger partial charge in [0.15, 0.2) is 0 Å². The zero-order chi connectivity index (χ0) is 13.0. The summed E-state index contributed by atoms with van der Waals surface area (Å²) in [5, 5.41) is 2.53. The molecule has 0 aliphatic heterocycles. The Balaban J connectivity index is 2.00. The topological polar surface area (TPSA) is 42.0 Å². The van der Waals surface area contributed by atoms with E-state index >= 15 is 0 Å². The molecule has 0 saturated heterocycles. The molecule has 0 aliphatic carbocycles. The Morgan fingerprint density at radius 1 is 1.17 bits per heavy atom. The van der Waals surface area contributed by atoms with E-state index < -0.39 is 11.9 Å². The summed E-state index contributed by atoms with van der Waals surface area (Å²) in [4.78, 5) is 15.1. The van der Waals surface area contributed by atoms with Crippen molar-refractivity contribution in [2.75, 3.05) is 0 Å². The minimum atomic E-state index is -0.714. The molecule has 0 unspecified atom stereocenters. The predicted octanol–water partition coefficient (Wildman–Crippen LogP) is 2.29. The summed E-state index contributed by atoms with van der Waals surface area (Å²) in [6, 6.07) is 9.84. The van der Waals surface area contributed by atoms with Gasteiger partial charge in [0.2, 0.25) is 5.95 Å². The highest BCUT2D eigenvalue weighted by Crippen LogP contribution is 2.04. The van der Waals surface area contributed by atoms with Gasteiger partial charge < -0.3 is 5.32 Å². The van der Waals surface area contributed by atoms with Crippen LogP contribution in [0, 0.1) is 11.8 Å². The van der Waals surface area contributed by atoms with Gasteiger partial charge in [-0.05, 0) is 29.8 Å². The number of amides is 1. The SMILES string of the molecule is O=C(NCc1cccc(F)c1)c1cccc(F)n1. The van der Waals surface area contributed by atoms with Gasteiger partial charge in [0.05, 0.1) is 0 Å². The summed E-state index contributed by atoms with van der Waals surface area (Å²) in [6.07, 6.45) is 0. The third-order valence-electron chi connectivity index (χ3n) is 2.29. The van der Waals surface area contributed by atoms with Crippen molar-refractivity contribution in [1.29, 1.82) is 0 Å². The van der Waals surface area contributed by atoms with Crippen LogP contribution in [0.25, 0.3) is 0 Å². The molecule has 0 fully saturated rings. The van der Waals surface area contributed by atoms with E-state index in [0.29, 0.717) is 5.56 Å². The second-order valence-corrected chi connectivity index (χ2v) is 3.66. The highest BCUT2D eigenvalue weighted by atomic mass is 19.1. The molecule has 2 rings (SSSR count). The van der Waals surface area contributed by atoms with E-state index in [1.807, 2.05) is 0 Å². The van der Waals surface area contributed by atoms with E-state index in [1.54, 1.807) is 12.1 Å². The lowest BCUT2D eigenvalue weighted by molar-refractivity contribution is 0.0944. The lowest BCUT2D eigenvalue weighted by atomic mass is 10.2. The van der Waals surface area contributed by atoms with Crippen LogP contribution in [0.2, 0.25) is 0 Å². The second kappa shape index (κ2) is 5.35. The highest BCUT2D eigenvalue weighted by Gasteiger charge is 2.07. The van der Waals surface area contributed by atoms with Crippen molar-refractivity contribution < 1.29 is 13.6 Å². The van der Waals surface area contributed by atoms with Gasteiger partial charge in [-0.3, -0.25) is 4.79 Å². The van der Waals surface area contributed by atoms with Crippen LogP contribution in [-0.4, -0.2) is 10.9 Å². The Labute approximate surface area is 102 Å². The fourth-order valence-corrected chi connectivity index (χ4v) is 1.45. The molecule has 0 bridgehead atoms. The number of benzene rings is 1. The van der Waals surface area contributed by atoms with E-state index in [1.165, 1.54) is 24.3 Å². The van der Waals surface area contributed by atoms with Crippen LogP contribution in [0.4, 0.5) is 8.78 Å². The fourth-order valence-electron chi connectivity index (χ4n) is 1.45. The van der Waals surface area contributed by atoms with Crippen molar-refractivity contribution in [2.24, 2.45) is 0 Å². The third-order valence-corrected chi connectivity index (χ3v) is 2.29. The average Bonchev–Trinajstić information content (AvgIpc) is 2.36. The van der Waals surface area contributed by atoms with Gasteiger partial charge in [-0.1, -0.05) is 18.2 Å². The molecular weight excluding hydrogens is 238 g/mol. The van der Waals surface area contributed by atoms with Crippen LogP contribution in [-0.2, 0) is 6.54 Å². The van der Waals surface area contributed by atoms with Crippen LogP contribution in [0.15, 0.2) is 42.5 Å². The van der Waals surface area contributed by atoms with Gasteiger partial charge in [0, 0.05) is 6.54 Å². The van der Waals surface area contributed by atoms with Gasteiger partial charge in [-0.2, -0.15) is 4.39 Å². The van der Waals surface area contributed by atoms with Crippen molar-refractivity contribution in [1.82, 2.24) is 10.3 Å². The van der Waals surface area contributed by atoms with Crippen LogP contribution in [0.3, 0.4) is 0 Å². The van der Waals surface area contributed by atoms with Gasteiger partial charge >= 0.3 is 0 Å². The predicted molar refractivity (Wildman–Crippen MR) is 61.8 cm³/mol. The van der Waals surface area contributed by atoms with Gasteiger partial charge in [0.25, 0.3) is 5.91 Å². The van der Waals surface area contributed by atoms with Gasteiger partial charge in [-0.25, -0.2) is 9.37 Å². The van der Waals surface area contributed by atoms with Gasteiger partial charge in [0.1, 0.15) is 11.5 Å². The lowest BCUT2D eigenvalue weighted by Crippen LogP contribution is -2.24. The van der Waals surface area contributed by atoms with Crippen LogP contribution >= 0.6 is 0 Å². The molecule has 0 atom stereocenters. The largest absolute Gasteiger partial charge is 0.347 e. The number of hydrogen-bond donors (Lipinski definition) is 1. The average molecular weight is 248 g/mol. The van der Waals surface area contributed by atoms with Crippen LogP contribution in [0.1, 0.15) is 16.1 Å². The zero-order valence-electron chi connectivity index (χ0n) is 9.36. The lowest BCUT2D eigenvalue weighted by Gasteiger charge is -2.04. The van der Waals surface area contributed by atoms with Crippen molar-refractivity contribution in [3.63, 3.8) is 0 Å². The fraction of sp³-hybridized carbons (Fsp3) is 0.0769. The number of pyridine rings is 1. The summed E-state index contributed by atoms with van der Waals surface area (Å²) in [6.45, 7) is 0.161. The number of aromatic nitrogens is 1. The molecule has 0 spiro atoms. The van der Waals surface area contributed by atoms with Crippen molar-refractivity contribution in [3.05, 3.63) is 65.5 Å². The Hall–Kier alpha value is -2.30. The molecule has 1 aromatic heterocycles. The second-order valence-electron chi connectivity index (χ2n) is 3.66. The highest BCUT2D eigenvalue weighted by molar-refractivity contribution is 5.92. The number of carbonyl (C=O) groups excluding carboxylic acids is 1. The first-order valence-electron chi connectivity index (χ1n) is 5.30. The van der Waals surface area contributed by atoms with E-state index in [2.05, 4.69) is 10.3 Å². The van der Waals surface area contributed by atoms with Gasteiger partial charge in [-0.15, -0.1) is 0 Å². The molecule has 0 radical (unpaired) electrons. The summed E-state index contributed by atoms with van der Waals surface area (Å²) >= 11 is 0. The minimum Gasteiger partial charge on any atom is -0.347 e. The Morgan fingerprint density at radius 2 is 1.94 bits per heavy atom. The molecule has 2 aromatic rings. The van der Waals surface area contributed by atoms with Crippen molar-refractivity contribution >= 4 is 5.91 Å². The molecule has 0 aliphatic rings. The molecule has 1 aromatic carbocycles. The van der Waals surface area contributed by atoms with Crippen molar-refractivity contribution in [3.8, 4) is 0 Å². The van der Waals surface area contributed by atoms with Crippen molar-refractivity contribution in [2.45, 2.75) is 6.54 Å². The Morgan fingerprint density at radius 3 is 2.67 bits per heavy atom. The van der Waals surface area contributed by atoms with Crippen LogP contribution in [0.5, 0.6) is 0 Å². The number of rotatable bonds is 3. The summed E-state index contributed by atoms with van der Waals surface area (Å²) < 4.78 is 25.7. The zero-order valence-corrected chi connectivity index (χ0v) is 9.36. The monoisotopic (exact) mass is 248 g/mol. The first-order chi connectivity index (χ1) is 8.65. The number of halogens is 2.